The van der Waals surface area contributed by atoms with E-state index >= 15 is 0 Å². The molecule has 20 heavy (non-hydrogen) atoms. The summed E-state index contributed by atoms with van der Waals surface area (Å²) >= 11 is 1.53. The Morgan fingerprint density at radius 3 is 3.05 bits per heavy atom. The summed E-state index contributed by atoms with van der Waals surface area (Å²) in [7, 11) is 0. The number of fused-ring (bicyclic) bond motifs is 1. The van der Waals surface area contributed by atoms with Crippen molar-refractivity contribution >= 4 is 17.3 Å². The van der Waals surface area contributed by atoms with Crippen molar-refractivity contribution in [1.29, 1.82) is 0 Å². The van der Waals surface area contributed by atoms with Gasteiger partial charge in [0.2, 0.25) is 0 Å². The van der Waals surface area contributed by atoms with E-state index in [0.717, 1.165) is 22.0 Å². The SMILES string of the molecule is CC1Cc2nc(-c3cc(C(=O)O)ccn3)sc2C(C)O1. The zero-order valence-corrected chi connectivity index (χ0v) is 12.0. The summed E-state index contributed by atoms with van der Waals surface area (Å²) in [4.78, 5) is 20.9. The molecule has 5 nitrogen and oxygen atoms in total. The van der Waals surface area contributed by atoms with Gasteiger partial charge in [0.05, 0.1) is 34.0 Å². The van der Waals surface area contributed by atoms with Crippen molar-refractivity contribution < 1.29 is 14.6 Å². The third-order valence-corrected chi connectivity index (χ3v) is 4.52. The first-order valence-corrected chi connectivity index (χ1v) is 7.21. The molecule has 1 aliphatic rings. The second kappa shape index (κ2) is 4.96. The molecule has 1 N–H and O–H groups in total. The first-order chi connectivity index (χ1) is 9.54. The lowest BCUT2D eigenvalue weighted by atomic mass is 10.1. The average molecular weight is 290 g/mol. The molecule has 0 amide bonds. The van der Waals surface area contributed by atoms with E-state index in [1.807, 2.05) is 13.8 Å². The Kier molecular flexibility index (Phi) is 3.27. The predicted molar refractivity (Wildman–Crippen MR) is 75.0 cm³/mol. The number of carbonyl (C=O) groups is 1. The Morgan fingerprint density at radius 1 is 1.50 bits per heavy atom. The van der Waals surface area contributed by atoms with E-state index in [9.17, 15) is 4.79 Å². The van der Waals surface area contributed by atoms with Gasteiger partial charge in [0.25, 0.3) is 0 Å². The van der Waals surface area contributed by atoms with Gasteiger partial charge in [-0.15, -0.1) is 11.3 Å². The number of nitrogens with zero attached hydrogens (tertiary/aromatic N) is 2. The largest absolute Gasteiger partial charge is 0.478 e. The van der Waals surface area contributed by atoms with Gasteiger partial charge in [-0.05, 0) is 26.0 Å². The number of carboxylic acids is 1. The average Bonchev–Trinajstić information content (AvgIpc) is 2.83. The van der Waals surface area contributed by atoms with Gasteiger partial charge in [0.1, 0.15) is 5.01 Å². The summed E-state index contributed by atoms with van der Waals surface area (Å²) in [6.45, 7) is 4.04. The number of hydrogen-bond acceptors (Lipinski definition) is 5. The molecule has 2 aromatic heterocycles. The van der Waals surface area contributed by atoms with Gasteiger partial charge in [-0.2, -0.15) is 0 Å². The van der Waals surface area contributed by atoms with Crippen LogP contribution in [0.2, 0.25) is 0 Å². The number of thiazole rings is 1. The maximum absolute atomic E-state index is 11.0. The molecule has 3 heterocycles. The Bertz CT molecular complexity index is 668. The van der Waals surface area contributed by atoms with Crippen molar-refractivity contribution in [3.63, 3.8) is 0 Å². The summed E-state index contributed by atoms with van der Waals surface area (Å²) in [6, 6.07) is 3.04. The van der Waals surface area contributed by atoms with Crippen LogP contribution in [0.15, 0.2) is 18.3 Å². The van der Waals surface area contributed by atoms with Crippen molar-refractivity contribution in [3.8, 4) is 10.7 Å². The molecule has 1 aliphatic heterocycles. The summed E-state index contributed by atoms with van der Waals surface area (Å²) < 4.78 is 5.78. The number of carboxylic acid groups (broad SMARTS) is 1. The van der Waals surface area contributed by atoms with Crippen LogP contribution in [-0.4, -0.2) is 27.1 Å². The lowest BCUT2D eigenvalue weighted by Gasteiger charge is -2.23. The van der Waals surface area contributed by atoms with Crippen LogP contribution in [0, 0.1) is 0 Å². The van der Waals surface area contributed by atoms with E-state index in [4.69, 9.17) is 9.84 Å². The van der Waals surface area contributed by atoms with Crippen molar-refractivity contribution in [2.75, 3.05) is 0 Å². The van der Waals surface area contributed by atoms with Crippen molar-refractivity contribution in [3.05, 3.63) is 34.5 Å². The highest BCUT2D eigenvalue weighted by Crippen LogP contribution is 2.37. The van der Waals surface area contributed by atoms with Crippen molar-refractivity contribution in [2.45, 2.75) is 32.5 Å². The maximum atomic E-state index is 11.0. The first-order valence-electron chi connectivity index (χ1n) is 6.39. The number of pyridine rings is 1. The van der Waals surface area contributed by atoms with Gasteiger partial charge in [0.15, 0.2) is 0 Å². The molecule has 0 aromatic carbocycles. The lowest BCUT2D eigenvalue weighted by molar-refractivity contribution is -0.00317. The molecule has 0 radical (unpaired) electrons. The van der Waals surface area contributed by atoms with Crippen LogP contribution in [0.3, 0.4) is 0 Å². The molecule has 0 spiro atoms. The normalized spacial score (nSPS) is 21.5. The second-order valence-corrected chi connectivity index (χ2v) is 5.89. The van der Waals surface area contributed by atoms with E-state index < -0.39 is 5.97 Å². The number of aromatic nitrogens is 2. The maximum Gasteiger partial charge on any atom is 0.335 e. The highest BCUT2D eigenvalue weighted by Gasteiger charge is 2.26. The quantitative estimate of drug-likeness (QED) is 0.920. The number of ether oxygens (including phenoxy) is 1. The summed E-state index contributed by atoms with van der Waals surface area (Å²) in [5.41, 5.74) is 1.86. The minimum absolute atomic E-state index is 0.0302. The monoisotopic (exact) mass is 290 g/mol. The third-order valence-electron chi connectivity index (χ3n) is 3.24. The van der Waals surface area contributed by atoms with E-state index in [2.05, 4.69) is 9.97 Å². The summed E-state index contributed by atoms with van der Waals surface area (Å²) in [6.07, 6.45) is 2.48. The topological polar surface area (TPSA) is 72.3 Å². The second-order valence-electron chi connectivity index (χ2n) is 4.86. The fourth-order valence-electron chi connectivity index (χ4n) is 2.35. The lowest BCUT2D eigenvalue weighted by Crippen LogP contribution is -2.20. The summed E-state index contributed by atoms with van der Waals surface area (Å²) in [5, 5.41) is 9.78. The molecule has 104 valence electrons. The van der Waals surface area contributed by atoms with Gasteiger partial charge in [-0.1, -0.05) is 0 Å². The number of hydrogen-bond donors (Lipinski definition) is 1. The highest BCUT2D eigenvalue weighted by molar-refractivity contribution is 7.15. The molecule has 0 saturated heterocycles. The minimum atomic E-state index is -0.958. The smallest absolute Gasteiger partial charge is 0.335 e. The van der Waals surface area contributed by atoms with Crippen molar-refractivity contribution in [1.82, 2.24) is 9.97 Å². The van der Waals surface area contributed by atoms with Gasteiger partial charge in [-0.3, -0.25) is 4.98 Å². The standard InChI is InChI=1S/C14H14N2O3S/c1-7-5-10-12(8(2)19-7)20-13(16-10)11-6-9(14(17)18)3-4-15-11/h3-4,6-8H,5H2,1-2H3,(H,17,18). The van der Waals surface area contributed by atoms with Gasteiger partial charge < -0.3 is 9.84 Å². The van der Waals surface area contributed by atoms with E-state index in [1.165, 1.54) is 23.6 Å². The molecule has 0 aliphatic carbocycles. The minimum Gasteiger partial charge on any atom is -0.478 e. The molecule has 2 aromatic rings. The Balaban J connectivity index is 2.02. The van der Waals surface area contributed by atoms with Crippen LogP contribution >= 0.6 is 11.3 Å². The highest BCUT2D eigenvalue weighted by atomic mass is 32.1. The molecule has 2 unspecified atom stereocenters. The Hall–Kier alpha value is -1.79. The van der Waals surface area contributed by atoms with Crippen LogP contribution in [0.5, 0.6) is 0 Å². The molecule has 6 heteroatoms. The van der Waals surface area contributed by atoms with E-state index in [-0.39, 0.29) is 17.8 Å². The number of rotatable bonds is 2. The zero-order valence-electron chi connectivity index (χ0n) is 11.2. The van der Waals surface area contributed by atoms with Gasteiger partial charge >= 0.3 is 5.97 Å². The fraction of sp³-hybridized carbons (Fsp3) is 0.357. The van der Waals surface area contributed by atoms with Gasteiger partial charge in [-0.25, -0.2) is 9.78 Å². The summed E-state index contributed by atoms with van der Waals surface area (Å²) in [5.74, 6) is -0.958. The van der Waals surface area contributed by atoms with Crippen molar-refractivity contribution in [2.24, 2.45) is 0 Å². The molecule has 3 rings (SSSR count). The van der Waals surface area contributed by atoms with E-state index in [0.29, 0.717) is 5.69 Å². The van der Waals surface area contributed by atoms with Crippen LogP contribution in [0.4, 0.5) is 0 Å². The fourth-order valence-corrected chi connectivity index (χ4v) is 3.40. The molecule has 0 fully saturated rings. The van der Waals surface area contributed by atoms with Crippen LogP contribution in [-0.2, 0) is 11.2 Å². The van der Waals surface area contributed by atoms with Gasteiger partial charge in [0, 0.05) is 12.6 Å². The van der Waals surface area contributed by atoms with Crippen LogP contribution < -0.4 is 0 Å². The van der Waals surface area contributed by atoms with Crippen LogP contribution in [0.1, 0.15) is 40.9 Å². The first kappa shape index (κ1) is 13.2. The molecule has 2 atom stereocenters. The Morgan fingerprint density at radius 2 is 2.30 bits per heavy atom. The number of aromatic carboxylic acids is 1. The van der Waals surface area contributed by atoms with Crippen LogP contribution in [0.25, 0.3) is 10.7 Å². The van der Waals surface area contributed by atoms with E-state index in [1.54, 1.807) is 6.07 Å². The zero-order chi connectivity index (χ0) is 14.3. The third kappa shape index (κ3) is 2.32. The predicted octanol–water partition coefficient (Wildman–Crippen LogP) is 2.93. The molecular formula is C14H14N2O3S. The Labute approximate surface area is 120 Å². The molecule has 0 bridgehead atoms. The molecular weight excluding hydrogens is 276 g/mol. The molecule has 0 saturated carbocycles.